The summed E-state index contributed by atoms with van der Waals surface area (Å²) in [5.74, 6) is -0.0276. The molecule has 0 spiro atoms. The normalized spacial score (nSPS) is 16.8. The largest absolute Gasteiger partial charge is 0.289 e. The van der Waals surface area contributed by atoms with Gasteiger partial charge in [-0.3, -0.25) is 19.6 Å². The Bertz CT molecular complexity index is 1230. The lowest BCUT2D eigenvalue weighted by molar-refractivity contribution is -0.110. The number of carbonyl (C=O) groups excluding carboxylic acids is 1. The summed E-state index contributed by atoms with van der Waals surface area (Å²) in [6.07, 6.45) is 10.6. The van der Waals surface area contributed by atoms with Gasteiger partial charge in [-0.1, -0.05) is 18.2 Å². The van der Waals surface area contributed by atoms with Crippen LogP contribution in [0.25, 0.3) is 33.4 Å². The molecule has 0 saturated heterocycles. The number of aromatic nitrogens is 4. The molecule has 1 N–H and O–H groups in total. The number of halogens is 1. The molecule has 1 aromatic rings. The summed E-state index contributed by atoms with van der Waals surface area (Å²) >= 11 is 3.33. The van der Waals surface area contributed by atoms with Crippen LogP contribution in [0.5, 0.6) is 0 Å². The predicted octanol–water partition coefficient (Wildman–Crippen LogP) is 3.14. The molecule has 3 heterocycles. The third-order valence-electron chi connectivity index (χ3n) is 4.42. The summed E-state index contributed by atoms with van der Waals surface area (Å²) in [7, 11) is 0. The van der Waals surface area contributed by atoms with Crippen LogP contribution in [0.4, 0.5) is 0 Å². The minimum atomic E-state index is -0.0276. The second-order valence-electron chi connectivity index (χ2n) is 5.84. The summed E-state index contributed by atoms with van der Waals surface area (Å²) in [6, 6.07) is 8.17. The van der Waals surface area contributed by atoms with Crippen molar-refractivity contribution in [2.75, 3.05) is 0 Å². The summed E-state index contributed by atoms with van der Waals surface area (Å²) in [5, 5.41) is 4.17. The first-order valence-corrected chi connectivity index (χ1v) is 8.53. The maximum Gasteiger partial charge on any atom is 0.192 e. The van der Waals surface area contributed by atoms with Gasteiger partial charge in [-0.25, -0.2) is 4.98 Å². The van der Waals surface area contributed by atoms with E-state index in [0.717, 1.165) is 38.6 Å². The number of allylic oxidation sites excluding steroid dienone is 4. The highest BCUT2D eigenvalue weighted by Gasteiger charge is 2.17. The van der Waals surface area contributed by atoms with Gasteiger partial charge in [0.1, 0.15) is 6.33 Å². The topological polar surface area (TPSA) is 63.6 Å². The minimum Gasteiger partial charge on any atom is -0.289 e. The molecule has 0 fully saturated rings. The average Bonchev–Trinajstić information content (AvgIpc) is 2.99. The van der Waals surface area contributed by atoms with Crippen molar-refractivity contribution in [3.8, 4) is 16.8 Å². The first-order chi connectivity index (χ1) is 12.2. The fourth-order valence-corrected chi connectivity index (χ4v) is 3.63. The van der Waals surface area contributed by atoms with E-state index in [-0.39, 0.29) is 5.78 Å². The van der Waals surface area contributed by atoms with Crippen LogP contribution in [0, 0.1) is 0 Å². The van der Waals surface area contributed by atoms with Gasteiger partial charge in [0, 0.05) is 22.5 Å². The molecule has 0 atom stereocenters. The van der Waals surface area contributed by atoms with E-state index in [2.05, 4.69) is 37.1 Å². The predicted molar refractivity (Wildman–Crippen MR) is 99.6 cm³/mol. The highest BCUT2D eigenvalue weighted by Crippen LogP contribution is 2.32. The van der Waals surface area contributed by atoms with Gasteiger partial charge in [0.25, 0.3) is 0 Å². The Hall–Kier alpha value is -2.99. The average molecular weight is 391 g/mol. The van der Waals surface area contributed by atoms with Crippen LogP contribution in [-0.2, 0) is 4.79 Å². The molecule has 0 unspecified atom stereocenters. The van der Waals surface area contributed by atoms with Crippen molar-refractivity contribution in [1.29, 1.82) is 0 Å². The van der Waals surface area contributed by atoms with Gasteiger partial charge in [-0.15, -0.1) is 0 Å². The molecule has 1 aliphatic carbocycles. The zero-order chi connectivity index (χ0) is 17.0. The van der Waals surface area contributed by atoms with E-state index in [1.807, 2.05) is 47.4 Å². The number of fused-ring (bicyclic) bond motifs is 2. The summed E-state index contributed by atoms with van der Waals surface area (Å²) in [5.41, 5.74) is 5.98. The van der Waals surface area contributed by atoms with Gasteiger partial charge in [0.15, 0.2) is 5.78 Å². The number of H-pyrrole nitrogens is 1. The van der Waals surface area contributed by atoms with Crippen molar-refractivity contribution in [1.82, 2.24) is 19.7 Å². The fraction of sp³-hybridized carbons (Fsp3) is 0. The Morgan fingerprint density at radius 2 is 2.00 bits per heavy atom. The van der Waals surface area contributed by atoms with E-state index in [4.69, 9.17) is 0 Å². The summed E-state index contributed by atoms with van der Waals surface area (Å²) < 4.78 is 2.54. The first-order valence-electron chi connectivity index (χ1n) is 7.74. The van der Waals surface area contributed by atoms with Crippen molar-refractivity contribution in [3.63, 3.8) is 0 Å². The lowest BCUT2D eigenvalue weighted by Crippen LogP contribution is -2.11. The van der Waals surface area contributed by atoms with Crippen LogP contribution in [-0.4, -0.2) is 25.5 Å². The lowest BCUT2D eigenvalue weighted by Gasteiger charge is -2.10. The molecule has 0 bridgehead atoms. The number of benzene rings is 1. The highest BCUT2D eigenvalue weighted by molar-refractivity contribution is 9.12. The molecule has 5 nitrogen and oxygen atoms in total. The number of ketones is 1. The van der Waals surface area contributed by atoms with Gasteiger partial charge >= 0.3 is 0 Å². The monoisotopic (exact) mass is 390 g/mol. The molecule has 0 amide bonds. The Labute approximate surface area is 150 Å². The molecule has 6 heteroatoms. The van der Waals surface area contributed by atoms with E-state index in [1.54, 1.807) is 12.4 Å². The van der Waals surface area contributed by atoms with Crippen LogP contribution in [0.15, 0.2) is 65.7 Å². The van der Waals surface area contributed by atoms with Crippen LogP contribution in [0.1, 0.15) is 0 Å². The van der Waals surface area contributed by atoms with Crippen LogP contribution >= 0.6 is 15.9 Å². The van der Waals surface area contributed by atoms with E-state index < -0.39 is 0 Å². The molecule has 120 valence electrons. The zero-order valence-corrected chi connectivity index (χ0v) is 14.5. The molecular formula is C19H11BrN4O. The van der Waals surface area contributed by atoms with Gasteiger partial charge in [-0.05, 0) is 45.8 Å². The van der Waals surface area contributed by atoms with E-state index in [0.29, 0.717) is 4.48 Å². The van der Waals surface area contributed by atoms with E-state index >= 15 is 0 Å². The van der Waals surface area contributed by atoms with Crippen LogP contribution in [0.2, 0.25) is 0 Å². The Kier molecular flexibility index (Phi) is 3.02. The fourth-order valence-electron chi connectivity index (χ4n) is 3.25. The van der Waals surface area contributed by atoms with Crippen LogP contribution < -0.4 is 5.22 Å². The molecular weight excluding hydrogens is 380 g/mol. The first kappa shape index (κ1) is 14.4. The number of carbonyl (C=O) groups is 1. The number of aromatic amines is 1. The summed E-state index contributed by atoms with van der Waals surface area (Å²) in [6.45, 7) is 0. The second-order valence-corrected chi connectivity index (χ2v) is 6.70. The van der Waals surface area contributed by atoms with Gasteiger partial charge in [0.2, 0.25) is 0 Å². The SMILES string of the molecule is O=C1C=CC(=c2ccc3c4c2ncc-4ccc2cnc[nH]n3-2)C=C1Br. The van der Waals surface area contributed by atoms with Crippen molar-refractivity contribution in [3.05, 3.63) is 70.9 Å². The Morgan fingerprint density at radius 1 is 1.08 bits per heavy atom. The molecule has 1 aromatic carbocycles. The zero-order valence-electron chi connectivity index (χ0n) is 12.9. The lowest BCUT2D eigenvalue weighted by atomic mass is 10.0. The van der Waals surface area contributed by atoms with Crippen molar-refractivity contribution in [2.24, 2.45) is 0 Å². The van der Waals surface area contributed by atoms with E-state index in [1.165, 1.54) is 0 Å². The molecule has 3 aliphatic heterocycles. The molecule has 25 heavy (non-hydrogen) atoms. The smallest absolute Gasteiger partial charge is 0.192 e. The number of hydrogen-bond donors (Lipinski definition) is 1. The standard InChI is InChI=1S/C19H11BrN4O/c20-15-7-11(2-6-17(15)25)14-4-5-16-18-12(8-22-19(14)18)1-3-13-9-21-10-23-24(13)16/h1-10H,(H,21,23). The molecule has 0 radical (unpaired) electrons. The quantitative estimate of drug-likeness (QED) is 0.501. The maximum atomic E-state index is 11.7. The summed E-state index contributed by atoms with van der Waals surface area (Å²) in [4.78, 5) is 20.5. The third kappa shape index (κ3) is 2.11. The van der Waals surface area contributed by atoms with E-state index in [9.17, 15) is 4.79 Å². The Balaban J connectivity index is 1.93. The van der Waals surface area contributed by atoms with Crippen molar-refractivity contribution < 1.29 is 4.79 Å². The Morgan fingerprint density at radius 3 is 2.88 bits per heavy atom. The van der Waals surface area contributed by atoms with Gasteiger partial charge < -0.3 is 0 Å². The molecule has 0 saturated carbocycles. The maximum absolute atomic E-state index is 11.7. The molecule has 0 aromatic heterocycles. The van der Waals surface area contributed by atoms with Gasteiger partial charge in [0.05, 0.1) is 27.4 Å². The molecule has 4 aliphatic rings. The van der Waals surface area contributed by atoms with Crippen LogP contribution in [0.3, 0.4) is 0 Å². The second kappa shape index (κ2) is 5.26. The number of hydrogen-bond acceptors (Lipinski definition) is 3. The van der Waals surface area contributed by atoms with Crippen molar-refractivity contribution >= 4 is 38.3 Å². The highest BCUT2D eigenvalue weighted by atomic mass is 79.9. The molecule has 5 rings (SSSR count). The van der Waals surface area contributed by atoms with Gasteiger partial charge in [-0.2, -0.15) is 0 Å². The number of rotatable bonds is 0. The van der Waals surface area contributed by atoms with Crippen molar-refractivity contribution in [2.45, 2.75) is 0 Å². The number of nitrogens with zero attached hydrogens (tertiary/aromatic N) is 3. The number of nitrogens with one attached hydrogen (secondary N) is 1. The minimum absolute atomic E-state index is 0.0276. The third-order valence-corrected chi connectivity index (χ3v) is 5.04.